The average molecular weight is 321 g/mol. The number of benzene rings is 2. The summed E-state index contributed by atoms with van der Waals surface area (Å²) in [4.78, 5) is 22.1. The van der Waals surface area contributed by atoms with Gasteiger partial charge < -0.3 is 10.1 Å². The van der Waals surface area contributed by atoms with Gasteiger partial charge in [0.1, 0.15) is 5.75 Å². The number of nitro groups is 1. The van der Waals surface area contributed by atoms with E-state index in [4.69, 9.17) is 16.3 Å². The molecule has 2 rings (SSSR count). The van der Waals surface area contributed by atoms with Gasteiger partial charge in [0.25, 0.3) is 11.6 Å². The average Bonchev–Trinajstić information content (AvgIpc) is 2.47. The number of rotatable bonds is 5. The van der Waals surface area contributed by atoms with Gasteiger partial charge in [-0.05, 0) is 37.3 Å². The smallest absolute Gasteiger partial charge is 0.269 e. The number of halogens is 1. The molecule has 0 bridgehead atoms. The number of nitrogens with one attached hydrogen (secondary N) is 1. The first kappa shape index (κ1) is 15.8. The fourth-order valence-corrected chi connectivity index (χ4v) is 1.89. The molecule has 22 heavy (non-hydrogen) atoms. The molecule has 0 radical (unpaired) electrons. The summed E-state index contributed by atoms with van der Waals surface area (Å²) in [5.74, 6) is 0.118. The first-order valence-corrected chi connectivity index (χ1v) is 6.81. The van der Waals surface area contributed by atoms with Gasteiger partial charge in [-0.25, -0.2) is 0 Å². The Morgan fingerprint density at radius 2 is 1.95 bits per heavy atom. The fourth-order valence-electron chi connectivity index (χ4n) is 1.71. The summed E-state index contributed by atoms with van der Waals surface area (Å²) in [5.41, 5.74) is 0.415. The Hall–Kier alpha value is -2.60. The van der Waals surface area contributed by atoms with Gasteiger partial charge in [0, 0.05) is 22.8 Å². The van der Waals surface area contributed by atoms with Crippen molar-refractivity contribution in [3.05, 3.63) is 63.7 Å². The van der Waals surface area contributed by atoms with Gasteiger partial charge in [-0.3, -0.25) is 14.9 Å². The molecular weight excluding hydrogens is 308 g/mol. The molecule has 0 unspecified atom stereocenters. The summed E-state index contributed by atoms with van der Waals surface area (Å²) in [6.07, 6.45) is -0.742. The van der Waals surface area contributed by atoms with Gasteiger partial charge >= 0.3 is 0 Å². The van der Waals surface area contributed by atoms with Gasteiger partial charge in [0.15, 0.2) is 6.10 Å². The lowest BCUT2D eigenvalue weighted by Gasteiger charge is -2.14. The van der Waals surface area contributed by atoms with E-state index in [1.807, 2.05) is 0 Å². The zero-order valence-electron chi connectivity index (χ0n) is 11.7. The quantitative estimate of drug-likeness (QED) is 0.673. The molecule has 1 amide bonds. The van der Waals surface area contributed by atoms with Crippen LogP contribution >= 0.6 is 11.6 Å². The monoisotopic (exact) mass is 320 g/mol. The molecule has 0 aromatic heterocycles. The van der Waals surface area contributed by atoms with Crippen LogP contribution in [-0.4, -0.2) is 16.9 Å². The molecule has 0 aliphatic rings. The molecule has 2 aromatic carbocycles. The van der Waals surface area contributed by atoms with Crippen LogP contribution in [0.1, 0.15) is 6.92 Å². The first-order valence-electron chi connectivity index (χ1n) is 6.43. The molecule has 0 saturated heterocycles. The third kappa shape index (κ3) is 4.20. The molecule has 0 heterocycles. The highest BCUT2D eigenvalue weighted by molar-refractivity contribution is 6.30. The van der Waals surface area contributed by atoms with Crippen LogP contribution in [0.3, 0.4) is 0 Å². The highest BCUT2D eigenvalue weighted by Gasteiger charge is 2.15. The van der Waals surface area contributed by atoms with Crippen molar-refractivity contribution in [1.82, 2.24) is 0 Å². The normalized spacial score (nSPS) is 11.5. The van der Waals surface area contributed by atoms with Crippen LogP contribution in [0.4, 0.5) is 11.4 Å². The highest BCUT2D eigenvalue weighted by atomic mass is 35.5. The number of carbonyl (C=O) groups excluding carboxylic acids is 1. The third-order valence-electron chi connectivity index (χ3n) is 2.82. The summed E-state index contributed by atoms with van der Waals surface area (Å²) < 4.78 is 5.49. The third-order valence-corrected chi connectivity index (χ3v) is 3.06. The Morgan fingerprint density at radius 3 is 2.55 bits per heavy atom. The summed E-state index contributed by atoms with van der Waals surface area (Å²) in [6, 6.07) is 12.3. The van der Waals surface area contributed by atoms with Crippen LogP contribution in [-0.2, 0) is 4.79 Å². The fraction of sp³-hybridized carbons (Fsp3) is 0.133. The van der Waals surface area contributed by atoms with Gasteiger partial charge in [-0.1, -0.05) is 17.7 Å². The largest absolute Gasteiger partial charge is 0.481 e. The number of ether oxygens (including phenoxy) is 1. The van der Waals surface area contributed by atoms with Crippen molar-refractivity contribution in [2.75, 3.05) is 5.32 Å². The SMILES string of the molecule is C[C@H](Oc1cccc(Cl)c1)C(=O)Nc1ccc([N+](=O)[O-])cc1. The van der Waals surface area contributed by atoms with Gasteiger partial charge in [0.05, 0.1) is 4.92 Å². The van der Waals surface area contributed by atoms with Crippen LogP contribution in [0.2, 0.25) is 5.02 Å². The molecular formula is C15H13ClN2O4. The number of hydrogen-bond acceptors (Lipinski definition) is 4. The van der Waals surface area contributed by atoms with Crippen LogP contribution in [0.25, 0.3) is 0 Å². The Bertz CT molecular complexity index is 688. The minimum absolute atomic E-state index is 0.0405. The zero-order chi connectivity index (χ0) is 16.1. The lowest BCUT2D eigenvalue weighted by Crippen LogP contribution is -2.30. The first-order chi connectivity index (χ1) is 10.5. The molecule has 0 fully saturated rings. The lowest BCUT2D eigenvalue weighted by atomic mass is 10.2. The zero-order valence-corrected chi connectivity index (χ0v) is 12.4. The van der Waals surface area contributed by atoms with E-state index in [9.17, 15) is 14.9 Å². The van der Waals surface area contributed by atoms with E-state index < -0.39 is 11.0 Å². The molecule has 0 aliphatic heterocycles. The van der Waals surface area contributed by atoms with Gasteiger partial charge in [-0.15, -0.1) is 0 Å². The Morgan fingerprint density at radius 1 is 1.27 bits per heavy atom. The van der Waals surface area contributed by atoms with E-state index >= 15 is 0 Å². The van der Waals surface area contributed by atoms with Crippen LogP contribution in [0.5, 0.6) is 5.75 Å². The topological polar surface area (TPSA) is 81.5 Å². The van der Waals surface area contributed by atoms with Gasteiger partial charge in [-0.2, -0.15) is 0 Å². The summed E-state index contributed by atoms with van der Waals surface area (Å²) in [5, 5.41) is 13.7. The highest BCUT2D eigenvalue weighted by Crippen LogP contribution is 2.19. The van der Waals surface area contributed by atoms with E-state index in [0.29, 0.717) is 16.5 Å². The Balaban J connectivity index is 1.97. The number of non-ortho nitro benzene ring substituents is 1. The molecule has 0 aliphatic carbocycles. The van der Waals surface area contributed by atoms with Crippen molar-refractivity contribution < 1.29 is 14.5 Å². The van der Waals surface area contributed by atoms with Crippen LogP contribution in [0.15, 0.2) is 48.5 Å². The van der Waals surface area contributed by atoms with E-state index in [1.54, 1.807) is 31.2 Å². The lowest BCUT2D eigenvalue weighted by molar-refractivity contribution is -0.384. The molecule has 0 spiro atoms. The van der Waals surface area contributed by atoms with E-state index in [2.05, 4.69) is 5.32 Å². The van der Waals surface area contributed by atoms with Crippen molar-refractivity contribution in [2.45, 2.75) is 13.0 Å². The van der Waals surface area contributed by atoms with Crippen LogP contribution in [0, 0.1) is 10.1 Å². The maximum atomic E-state index is 12.0. The second-order valence-electron chi connectivity index (χ2n) is 4.51. The minimum atomic E-state index is -0.742. The van der Waals surface area contributed by atoms with Crippen molar-refractivity contribution in [3.8, 4) is 5.75 Å². The number of nitro benzene ring substituents is 1. The molecule has 114 valence electrons. The van der Waals surface area contributed by atoms with Gasteiger partial charge in [0.2, 0.25) is 0 Å². The van der Waals surface area contributed by atoms with Crippen LogP contribution < -0.4 is 10.1 Å². The summed E-state index contributed by atoms with van der Waals surface area (Å²) in [7, 11) is 0. The standard InChI is InChI=1S/C15H13ClN2O4/c1-10(22-14-4-2-3-11(16)9-14)15(19)17-12-5-7-13(8-6-12)18(20)21/h2-10H,1H3,(H,17,19)/t10-/m0/s1. The molecule has 1 atom stereocenters. The summed E-state index contributed by atoms with van der Waals surface area (Å²) in [6.45, 7) is 1.60. The molecule has 0 saturated carbocycles. The molecule has 2 aromatic rings. The molecule has 1 N–H and O–H groups in total. The summed E-state index contributed by atoms with van der Waals surface area (Å²) >= 11 is 5.84. The Labute approximate surface area is 131 Å². The van der Waals surface area contributed by atoms with Crippen molar-refractivity contribution in [1.29, 1.82) is 0 Å². The number of amides is 1. The maximum Gasteiger partial charge on any atom is 0.269 e. The molecule has 6 nitrogen and oxygen atoms in total. The number of nitrogens with zero attached hydrogens (tertiary/aromatic N) is 1. The van der Waals surface area contributed by atoms with E-state index in [1.165, 1.54) is 24.3 Å². The van der Waals surface area contributed by atoms with Crippen molar-refractivity contribution in [3.63, 3.8) is 0 Å². The maximum absolute atomic E-state index is 12.0. The second-order valence-corrected chi connectivity index (χ2v) is 4.95. The molecule has 7 heteroatoms. The Kier molecular flexibility index (Phi) is 4.95. The second kappa shape index (κ2) is 6.91. The minimum Gasteiger partial charge on any atom is -0.481 e. The van der Waals surface area contributed by atoms with E-state index in [0.717, 1.165) is 0 Å². The number of anilines is 1. The predicted octanol–water partition coefficient (Wildman–Crippen LogP) is 3.65. The predicted molar refractivity (Wildman–Crippen MR) is 83.3 cm³/mol. The number of hydrogen-bond donors (Lipinski definition) is 1. The van der Waals surface area contributed by atoms with Crippen molar-refractivity contribution in [2.24, 2.45) is 0 Å². The van der Waals surface area contributed by atoms with Crippen molar-refractivity contribution >= 4 is 28.9 Å². The number of carbonyl (C=O) groups is 1. The van der Waals surface area contributed by atoms with E-state index in [-0.39, 0.29) is 11.6 Å².